The van der Waals surface area contributed by atoms with Crippen LogP contribution < -0.4 is 10.1 Å². The van der Waals surface area contributed by atoms with Crippen LogP contribution >= 0.6 is 0 Å². The molecule has 3 atom stereocenters. The Bertz CT molecular complexity index is 702. The maximum atomic E-state index is 12.5. The van der Waals surface area contributed by atoms with E-state index in [1.165, 1.54) is 0 Å². The Morgan fingerprint density at radius 2 is 1.83 bits per heavy atom. The number of carbonyl (C=O) groups excluding carboxylic acids is 2. The summed E-state index contributed by atoms with van der Waals surface area (Å²) in [5.41, 5.74) is 1.44. The van der Waals surface area contributed by atoms with E-state index in [9.17, 15) is 14.7 Å². The molecular weight excluding hydrogens is 386 g/mol. The molecule has 7 nitrogen and oxygen atoms in total. The molecule has 30 heavy (non-hydrogen) atoms. The van der Waals surface area contributed by atoms with Gasteiger partial charge in [-0.2, -0.15) is 0 Å². The number of esters is 2. The highest BCUT2D eigenvalue weighted by atomic mass is 16.6. The van der Waals surface area contributed by atoms with Crippen LogP contribution in [0.2, 0.25) is 0 Å². The molecule has 0 bridgehead atoms. The van der Waals surface area contributed by atoms with Gasteiger partial charge in [0.2, 0.25) is 0 Å². The Hall–Kier alpha value is -2.38. The minimum atomic E-state index is -0.776. The van der Waals surface area contributed by atoms with Crippen LogP contribution in [0.15, 0.2) is 36.4 Å². The summed E-state index contributed by atoms with van der Waals surface area (Å²) in [5.74, 6) is -0.594. The number of aliphatic hydroxyl groups is 1. The van der Waals surface area contributed by atoms with E-state index >= 15 is 0 Å². The molecule has 1 aliphatic carbocycles. The Morgan fingerprint density at radius 1 is 1.17 bits per heavy atom. The first-order valence-corrected chi connectivity index (χ1v) is 10.5. The fourth-order valence-electron chi connectivity index (χ4n) is 3.64. The van der Waals surface area contributed by atoms with Gasteiger partial charge in [0.05, 0.1) is 13.0 Å². The first kappa shape index (κ1) is 23.9. The Labute approximate surface area is 178 Å². The zero-order chi connectivity index (χ0) is 21.9. The van der Waals surface area contributed by atoms with Crippen molar-refractivity contribution < 1.29 is 28.9 Å². The zero-order valence-electron chi connectivity index (χ0n) is 17.9. The summed E-state index contributed by atoms with van der Waals surface area (Å²) in [7, 11) is 1.63. The largest absolute Gasteiger partial charge is 0.497 e. The second-order valence-corrected chi connectivity index (χ2v) is 7.64. The molecule has 0 aromatic heterocycles. The van der Waals surface area contributed by atoms with Crippen molar-refractivity contribution in [2.45, 2.75) is 45.3 Å². The van der Waals surface area contributed by atoms with Gasteiger partial charge in [-0.15, -0.1) is 0 Å². The van der Waals surface area contributed by atoms with Gasteiger partial charge in [-0.05, 0) is 43.9 Å². The molecule has 166 valence electrons. The average molecular weight is 420 g/mol. The van der Waals surface area contributed by atoms with Crippen LogP contribution in [0.25, 0.3) is 0 Å². The molecule has 1 aliphatic rings. The minimum Gasteiger partial charge on any atom is -0.497 e. The van der Waals surface area contributed by atoms with E-state index in [4.69, 9.17) is 14.2 Å². The number of aliphatic hydroxyl groups excluding tert-OH is 1. The molecule has 7 heteroatoms. The topological polar surface area (TPSA) is 94.1 Å². The van der Waals surface area contributed by atoms with Gasteiger partial charge in [0.1, 0.15) is 25.2 Å². The molecule has 0 spiro atoms. The number of carbonyl (C=O) groups is 2. The van der Waals surface area contributed by atoms with Crippen molar-refractivity contribution >= 4 is 11.9 Å². The normalized spacial score (nSPS) is 19.6. The molecule has 1 aromatic carbocycles. The van der Waals surface area contributed by atoms with Crippen LogP contribution in [-0.4, -0.2) is 50.1 Å². The van der Waals surface area contributed by atoms with Crippen LogP contribution in [0.4, 0.5) is 0 Å². The molecule has 1 fully saturated rings. The third kappa shape index (κ3) is 7.46. The molecule has 0 aliphatic heterocycles. The van der Waals surface area contributed by atoms with Crippen LogP contribution in [-0.2, 0) is 25.5 Å². The molecule has 3 unspecified atom stereocenters. The van der Waals surface area contributed by atoms with E-state index in [2.05, 4.69) is 11.9 Å². The predicted molar refractivity (Wildman–Crippen MR) is 113 cm³/mol. The van der Waals surface area contributed by atoms with Crippen LogP contribution in [0.3, 0.4) is 0 Å². The number of methoxy groups -OCH3 is 1. The summed E-state index contributed by atoms with van der Waals surface area (Å²) in [6, 6.07) is 7.81. The molecule has 0 radical (unpaired) electrons. The summed E-state index contributed by atoms with van der Waals surface area (Å²) < 4.78 is 15.4. The Morgan fingerprint density at radius 3 is 2.50 bits per heavy atom. The number of hydrogen-bond acceptors (Lipinski definition) is 7. The van der Waals surface area contributed by atoms with Gasteiger partial charge in [0, 0.05) is 18.0 Å². The fourth-order valence-corrected chi connectivity index (χ4v) is 3.64. The van der Waals surface area contributed by atoms with E-state index in [0.717, 1.165) is 37.0 Å². The summed E-state index contributed by atoms with van der Waals surface area (Å²) in [6.45, 7) is 5.66. The lowest BCUT2D eigenvalue weighted by Crippen LogP contribution is -2.44. The molecule has 2 N–H and O–H groups in total. The second kappa shape index (κ2) is 12.3. The standard InChI is InChI=1S/C23H33NO6/c1-16(2)22(26)29-14-15-30-23(27)20-7-5-4-6-19(20)21(25)24-13-12-17-8-10-18(28-3)11-9-17/h8-11,19-21,24-25H,1,4-7,12-15H2,2-3H3. The molecule has 1 saturated carbocycles. The predicted octanol–water partition coefficient (Wildman–Crippen LogP) is 2.61. The monoisotopic (exact) mass is 419 g/mol. The quantitative estimate of drug-likeness (QED) is 0.246. The van der Waals surface area contributed by atoms with Crippen LogP contribution in [0, 0.1) is 11.8 Å². The van der Waals surface area contributed by atoms with Crippen LogP contribution in [0.1, 0.15) is 38.2 Å². The molecule has 0 amide bonds. The number of nitrogens with one attached hydrogen (secondary N) is 1. The SMILES string of the molecule is C=C(C)C(=O)OCCOC(=O)C1CCCCC1C(O)NCCc1ccc(OC)cc1. The first-order chi connectivity index (χ1) is 14.4. The second-order valence-electron chi connectivity index (χ2n) is 7.64. The Balaban J connectivity index is 1.77. The number of hydrogen-bond donors (Lipinski definition) is 2. The summed E-state index contributed by atoms with van der Waals surface area (Å²) in [6.07, 6.45) is 3.34. The molecular formula is C23H33NO6. The van der Waals surface area contributed by atoms with E-state index in [-0.39, 0.29) is 31.0 Å². The van der Waals surface area contributed by atoms with Crippen molar-refractivity contribution in [2.24, 2.45) is 11.8 Å². The van der Waals surface area contributed by atoms with Gasteiger partial charge in [-0.3, -0.25) is 10.1 Å². The van der Waals surface area contributed by atoms with Crippen molar-refractivity contribution in [1.82, 2.24) is 5.32 Å². The number of rotatable bonds is 11. The lowest BCUT2D eigenvalue weighted by atomic mass is 9.78. The van der Waals surface area contributed by atoms with Crippen molar-refractivity contribution in [3.63, 3.8) is 0 Å². The summed E-state index contributed by atoms with van der Waals surface area (Å²) >= 11 is 0. The smallest absolute Gasteiger partial charge is 0.333 e. The molecule has 2 rings (SSSR count). The van der Waals surface area contributed by atoms with Crippen molar-refractivity contribution in [3.05, 3.63) is 42.0 Å². The van der Waals surface area contributed by atoms with Crippen molar-refractivity contribution in [1.29, 1.82) is 0 Å². The van der Waals surface area contributed by atoms with Crippen molar-refractivity contribution in [2.75, 3.05) is 26.9 Å². The number of benzene rings is 1. The highest BCUT2D eigenvalue weighted by molar-refractivity contribution is 5.86. The van der Waals surface area contributed by atoms with E-state index in [1.807, 2.05) is 24.3 Å². The third-order valence-electron chi connectivity index (χ3n) is 5.36. The van der Waals surface area contributed by atoms with Gasteiger partial charge in [0.25, 0.3) is 0 Å². The van der Waals surface area contributed by atoms with Crippen molar-refractivity contribution in [3.8, 4) is 5.75 Å². The van der Waals surface area contributed by atoms with E-state index in [0.29, 0.717) is 18.5 Å². The third-order valence-corrected chi connectivity index (χ3v) is 5.36. The Kier molecular flexibility index (Phi) is 9.83. The lowest BCUT2D eigenvalue weighted by Gasteiger charge is -2.33. The van der Waals surface area contributed by atoms with Gasteiger partial charge < -0.3 is 19.3 Å². The van der Waals surface area contributed by atoms with Gasteiger partial charge >= 0.3 is 11.9 Å². The summed E-state index contributed by atoms with van der Waals surface area (Å²) in [4.78, 5) is 23.9. The first-order valence-electron chi connectivity index (χ1n) is 10.5. The number of ether oxygens (including phenoxy) is 3. The molecule has 1 aromatic rings. The lowest BCUT2D eigenvalue weighted by molar-refractivity contribution is -0.158. The van der Waals surface area contributed by atoms with Gasteiger partial charge in [0.15, 0.2) is 0 Å². The maximum absolute atomic E-state index is 12.5. The van der Waals surface area contributed by atoms with Gasteiger partial charge in [-0.1, -0.05) is 31.6 Å². The fraction of sp³-hybridized carbons (Fsp3) is 0.565. The molecule has 0 saturated heterocycles. The minimum absolute atomic E-state index is 0.00205. The molecule has 0 heterocycles. The van der Waals surface area contributed by atoms with Gasteiger partial charge in [-0.25, -0.2) is 4.79 Å². The van der Waals surface area contributed by atoms with E-state index < -0.39 is 12.2 Å². The highest BCUT2D eigenvalue weighted by Crippen LogP contribution is 2.32. The summed E-state index contributed by atoms with van der Waals surface area (Å²) in [5, 5.41) is 13.8. The maximum Gasteiger partial charge on any atom is 0.333 e. The van der Waals surface area contributed by atoms with Crippen LogP contribution in [0.5, 0.6) is 5.75 Å². The highest BCUT2D eigenvalue weighted by Gasteiger charge is 2.36. The zero-order valence-corrected chi connectivity index (χ0v) is 17.9. The van der Waals surface area contributed by atoms with E-state index in [1.54, 1.807) is 14.0 Å². The average Bonchev–Trinajstić information content (AvgIpc) is 2.76.